The standard InChI is InChI=1S/C19H26N/c1-6-14(3)17-9-10-18(15(4)12-17)19-11-8-16(7-2)13-20(19)5/h8-14H,6-7H2,1-5H3/q+1. The predicted octanol–water partition coefficient (Wildman–Crippen LogP) is 4.56. The summed E-state index contributed by atoms with van der Waals surface area (Å²) in [7, 11) is 2.14. The molecule has 2 rings (SSSR count). The molecule has 1 atom stereocenters. The first-order valence-corrected chi connectivity index (χ1v) is 7.66. The largest absolute Gasteiger partial charge is 0.212 e. The predicted molar refractivity (Wildman–Crippen MR) is 85.9 cm³/mol. The van der Waals surface area contributed by atoms with Gasteiger partial charge < -0.3 is 0 Å². The Kier molecular flexibility index (Phi) is 4.59. The fourth-order valence-corrected chi connectivity index (χ4v) is 2.67. The third kappa shape index (κ3) is 2.92. The molecule has 0 bridgehead atoms. The summed E-state index contributed by atoms with van der Waals surface area (Å²) < 4.78 is 2.24. The molecule has 0 fully saturated rings. The smallest absolute Gasteiger partial charge is 0.201 e. The maximum absolute atomic E-state index is 2.34. The second kappa shape index (κ2) is 6.21. The first-order valence-electron chi connectivity index (χ1n) is 7.66. The Morgan fingerprint density at radius 2 is 1.85 bits per heavy atom. The molecule has 1 heterocycles. The molecule has 0 amide bonds. The van der Waals surface area contributed by atoms with Crippen molar-refractivity contribution in [3.8, 4) is 11.3 Å². The Hall–Kier alpha value is -1.63. The van der Waals surface area contributed by atoms with E-state index in [1.165, 1.54) is 34.4 Å². The Bertz CT molecular complexity index is 599. The molecule has 0 spiro atoms. The van der Waals surface area contributed by atoms with Gasteiger partial charge in [0, 0.05) is 17.2 Å². The zero-order valence-corrected chi connectivity index (χ0v) is 13.4. The van der Waals surface area contributed by atoms with Gasteiger partial charge in [-0.1, -0.05) is 32.9 Å². The van der Waals surface area contributed by atoms with Crippen LogP contribution in [0.5, 0.6) is 0 Å². The van der Waals surface area contributed by atoms with Crippen LogP contribution in [0.3, 0.4) is 0 Å². The van der Waals surface area contributed by atoms with Crippen LogP contribution in [0, 0.1) is 6.92 Å². The Labute approximate surface area is 123 Å². The van der Waals surface area contributed by atoms with Gasteiger partial charge in [0.2, 0.25) is 5.69 Å². The van der Waals surface area contributed by atoms with Crippen LogP contribution in [0.25, 0.3) is 11.3 Å². The molecule has 1 aromatic heterocycles. The molecule has 1 nitrogen and oxygen atoms in total. The van der Waals surface area contributed by atoms with Gasteiger partial charge in [-0.25, -0.2) is 4.57 Å². The summed E-state index contributed by atoms with van der Waals surface area (Å²) in [4.78, 5) is 0. The minimum atomic E-state index is 0.638. The highest BCUT2D eigenvalue weighted by molar-refractivity contribution is 5.61. The van der Waals surface area contributed by atoms with Gasteiger partial charge in [0.1, 0.15) is 7.05 Å². The number of aryl methyl sites for hydroxylation is 3. The molecule has 0 radical (unpaired) electrons. The van der Waals surface area contributed by atoms with Crippen LogP contribution in [0.1, 0.15) is 49.8 Å². The van der Waals surface area contributed by atoms with Crippen molar-refractivity contribution in [2.75, 3.05) is 0 Å². The lowest BCUT2D eigenvalue weighted by molar-refractivity contribution is -0.660. The molecule has 0 aliphatic carbocycles. The van der Waals surface area contributed by atoms with E-state index in [0.717, 1.165) is 6.42 Å². The highest BCUT2D eigenvalue weighted by Crippen LogP contribution is 2.26. The number of hydrogen-bond acceptors (Lipinski definition) is 0. The fraction of sp³-hybridized carbons (Fsp3) is 0.421. The van der Waals surface area contributed by atoms with Crippen molar-refractivity contribution in [3.05, 3.63) is 53.2 Å². The SMILES string of the molecule is CCc1ccc(-c2ccc(C(C)CC)cc2C)[n+](C)c1. The molecule has 1 heteroatoms. The lowest BCUT2D eigenvalue weighted by atomic mass is 9.93. The normalized spacial score (nSPS) is 12.4. The number of pyridine rings is 1. The summed E-state index contributed by atoms with van der Waals surface area (Å²) >= 11 is 0. The highest BCUT2D eigenvalue weighted by atomic mass is 14.9. The average Bonchev–Trinajstić information content (AvgIpc) is 2.46. The van der Waals surface area contributed by atoms with Gasteiger partial charge in [0.05, 0.1) is 0 Å². The van der Waals surface area contributed by atoms with Gasteiger partial charge in [-0.05, 0) is 48.9 Å². The van der Waals surface area contributed by atoms with Gasteiger partial charge >= 0.3 is 0 Å². The van der Waals surface area contributed by atoms with E-state index in [0.29, 0.717) is 5.92 Å². The molecule has 0 saturated heterocycles. The zero-order valence-electron chi connectivity index (χ0n) is 13.4. The minimum Gasteiger partial charge on any atom is -0.201 e. The molecule has 0 aliphatic heterocycles. The third-order valence-corrected chi connectivity index (χ3v) is 4.31. The second-order valence-corrected chi connectivity index (χ2v) is 5.77. The maximum Gasteiger partial charge on any atom is 0.212 e. The summed E-state index contributed by atoms with van der Waals surface area (Å²) in [6, 6.07) is 11.4. The summed E-state index contributed by atoms with van der Waals surface area (Å²) in [5.74, 6) is 0.638. The van der Waals surface area contributed by atoms with Crippen molar-refractivity contribution in [3.63, 3.8) is 0 Å². The van der Waals surface area contributed by atoms with Crippen molar-refractivity contribution >= 4 is 0 Å². The van der Waals surface area contributed by atoms with Crippen LogP contribution >= 0.6 is 0 Å². The highest BCUT2D eigenvalue weighted by Gasteiger charge is 2.14. The van der Waals surface area contributed by atoms with Crippen LogP contribution in [0.4, 0.5) is 0 Å². The Morgan fingerprint density at radius 1 is 1.10 bits per heavy atom. The molecular weight excluding hydrogens is 242 g/mol. The average molecular weight is 268 g/mol. The molecular formula is C19H26N+. The minimum absolute atomic E-state index is 0.638. The number of rotatable bonds is 4. The lowest BCUT2D eigenvalue weighted by Crippen LogP contribution is -2.31. The molecule has 0 N–H and O–H groups in total. The van der Waals surface area contributed by atoms with Gasteiger partial charge in [-0.3, -0.25) is 0 Å². The first kappa shape index (κ1) is 14.8. The maximum atomic E-state index is 2.34. The number of benzene rings is 1. The van der Waals surface area contributed by atoms with Gasteiger partial charge in [-0.15, -0.1) is 0 Å². The van der Waals surface area contributed by atoms with Crippen molar-refractivity contribution in [1.82, 2.24) is 0 Å². The third-order valence-electron chi connectivity index (χ3n) is 4.31. The second-order valence-electron chi connectivity index (χ2n) is 5.77. The topological polar surface area (TPSA) is 3.88 Å². The van der Waals surface area contributed by atoms with Gasteiger partial charge in [0.15, 0.2) is 6.20 Å². The van der Waals surface area contributed by atoms with Gasteiger partial charge in [-0.2, -0.15) is 0 Å². The summed E-state index contributed by atoms with van der Waals surface area (Å²) in [5.41, 5.74) is 6.81. The van der Waals surface area contributed by atoms with E-state index < -0.39 is 0 Å². The molecule has 0 saturated carbocycles. The summed E-state index contributed by atoms with van der Waals surface area (Å²) in [6.07, 6.45) is 4.51. The van der Waals surface area contributed by atoms with Crippen molar-refractivity contribution in [2.45, 2.75) is 46.5 Å². The van der Waals surface area contributed by atoms with E-state index in [1.807, 2.05) is 0 Å². The van der Waals surface area contributed by atoms with E-state index in [9.17, 15) is 0 Å². The van der Waals surface area contributed by atoms with Crippen molar-refractivity contribution in [1.29, 1.82) is 0 Å². The summed E-state index contributed by atoms with van der Waals surface area (Å²) in [6.45, 7) is 8.96. The monoisotopic (exact) mass is 268 g/mol. The zero-order chi connectivity index (χ0) is 14.7. The van der Waals surface area contributed by atoms with Crippen LogP contribution in [0.15, 0.2) is 36.5 Å². The lowest BCUT2D eigenvalue weighted by Gasteiger charge is -2.12. The van der Waals surface area contributed by atoms with Crippen LogP contribution < -0.4 is 4.57 Å². The van der Waals surface area contributed by atoms with E-state index in [1.54, 1.807) is 0 Å². The van der Waals surface area contributed by atoms with Gasteiger partial charge in [0.25, 0.3) is 0 Å². The van der Waals surface area contributed by atoms with E-state index in [2.05, 4.69) is 75.8 Å². The van der Waals surface area contributed by atoms with Crippen LogP contribution in [-0.2, 0) is 13.5 Å². The Morgan fingerprint density at radius 3 is 2.40 bits per heavy atom. The first-order chi connectivity index (χ1) is 9.56. The Balaban J connectivity index is 2.43. The quantitative estimate of drug-likeness (QED) is 0.716. The van der Waals surface area contributed by atoms with Crippen molar-refractivity contribution < 1.29 is 4.57 Å². The molecule has 1 aromatic carbocycles. The number of hydrogen-bond donors (Lipinski definition) is 0. The molecule has 0 aliphatic rings. The number of aromatic nitrogens is 1. The fourth-order valence-electron chi connectivity index (χ4n) is 2.67. The van der Waals surface area contributed by atoms with E-state index in [-0.39, 0.29) is 0 Å². The van der Waals surface area contributed by atoms with E-state index in [4.69, 9.17) is 0 Å². The summed E-state index contributed by atoms with van der Waals surface area (Å²) in [5, 5.41) is 0. The van der Waals surface area contributed by atoms with Crippen LogP contribution in [-0.4, -0.2) is 0 Å². The van der Waals surface area contributed by atoms with Crippen LogP contribution in [0.2, 0.25) is 0 Å². The van der Waals surface area contributed by atoms with Crippen molar-refractivity contribution in [2.24, 2.45) is 7.05 Å². The molecule has 1 unspecified atom stereocenters. The number of nitrogens with zero attached hydrogens (tertiary/aromatic N) is 1. The molecule has 20 heavy (non-hydrogen) atoms. The molecule has 106 valence electrons. The molecule has 2 aromatic rings. The van der Waals surface area contributed by atoms with E-state index >= 15 is 0 Å².